The van der Waals surface area contributed by atoms with Crippen LogP contribution in [0.3, 0.4) is 0 Å². The molecule has 0 aliphatic rings. The summed E-state index contributed by atoms with van der Waals surface area (Å²) in [7, 11) is 0. The van der Waals surface area contributed by atoms with Crippen LogP contribution in [0.2, 0.25) is 0 Å². The van der Waals surface area contributed by atoms with Gasteiger partial charge < -0.3 is 14.5 Å². The van der Waals surface area contributed by atoms with Crippen molar-refractivity contribution in [2.45, 2.75) is 19.6 Å². The smallest absolute Gasteiger partial charge is 0.327 e. The van der Waals surface area contributed by atoms with E-state index in [-0.39, 0.29) is 6.54 Å². The Morgan fingerprint density at radius 3 is 2.50 bits per heavy atom. The predicted molar refractivity (Wildman–Crippen MR) is 88.1 cm³/mol. The van der Waals surface area contributed by atoms with Crippen LogP contribution >= 0.6 is 0 Å². The fourth-order valence-electron chi connectivity index (χ4n) is 1.80. The number of ether oxygens (including phenoxy) is 1. The molecule has 1 aromatic carbocycles. The van der Waals surface area contributed by atoms with Crippen LogP contribution in [0.1, 0.15) is 18.2 Å². The zero-order valence-electron chi connectivity index (χ0n) is 13.8. The number of nitriles is 1. The molecule has 0 spiro atoms. The maximum atomic E-state index is 11.9. The molecule has 2 aromatic rings. The monoisotopic (exact) mass is 356 g/mol. The Bertz CT molecular complexity index is 809. The van der Waals surface area contributed by atoms with Crippen molar-refractivity contribution in [1.82, 2.24) is 16.2 Å². The van der Waals surface area contributed by atoms with E-state index >= 15 is 0 Å². The highest BCUT2D eigenvalue weighted by Gasteiger charge is 2.18. The maximum Gasteiger partial charge on any atom is 0.327 e. The van der Waals surface area contributed by atoms with Crippen molar-refractivity contribution < 1.29 is 23.5 Å². The Morgan fingerprint density at radius 2 is 1.88 bits per heavy atom. The van der Waals surface area contributed by atoms with Gasteiger partial charge in [-0.2, -0.15) is 5.26 Å². The summed E-state index contributed by atoms with van der Waals surface area (Å²) in [6, 6.07) is 11.4. The number of hydrogen-bond donors (Lipinski definition) is 3. The number of carbonyl (C=O) groups is 3. The van der Waals surface area contributed by atoms with E-state index in [0.29, 0.717) is 17.1 Å². The number of furan rings is 1. The van der Waals surface area contributed by atoms with Gasteiger partial charge in [-0.15, -0.1) is 0 Å². The Balaban J connectivity index is 1.74. The molecule has 0 saturated carbocycles. The van der Waals surface area contributed by atoms with Crippen LogP contribution in [0.5, 0.6) is 5.75 Å². The van der Waals surface area contributed by atoms with Gasteiger partial charge in [0.2, 0.25) is 0 Å². The maximum absolute atomic E-state index is 11.9. The lowest BCUT2D eigenvalue weighted by molar-refractivity contribution is -0.141. The van der Waals surface area contributed by atoms with Crippen LogP contribution in [0.15, 0.2) is 47.1 Å². The van der Waals surface area contributed by atoms with Crippen molar-refractivity contribution in [2.75, 3.05) is 0 Å². The van der Waals surface area contributed by atoms with E-state index < -0.39 is 23.8 Å². The van der Waals surface area contributed by atoms with E-state index in [9.17, 15) is 14.4 Å². The summed E-state index contributed by atoms with van der Waals surface area (Å²) in [4.78, 5) is 35.1. The number of hydrogen-bond acceptors (Lipinski definition) is 6. The minimum atomic E-state index is -1.03. The zero-order valence-corrected chi connectivity index (χ0v) is 13.8. The number of amides is 3. The summed E-state index contributed by atoms with van der Waals surface area (Å²) in [6.45, 7) is 1.52. The number of benzene rings is 1. The van der Waals surface area contributed by atoms with Crippen LogP contribution < -0.4 is 20.9 Å². The number of hydrazine groups is 1. The van der Waals surface area contributed by atoms with Gasteiger partial charge in [0.15, 0.2) is 6.10 Å². The Hall–Kier alpha value is -3.80. The third kappa shape index (κ3) is 5.38. The minimum Gasteiger partial charge on any atom is -0.481 e. The highest BCUT2D eigenvalue weighted by molar-refractivity contribution is 6.35. The normalized spacial score (nSPS) is 10.9. The van der Waals surface area contributed by atoms with Crippen LogP contribution in [0, 0.1) is 11.3 Å². The number of rotatable bonds is 5. The summed E-state index contributed by atoms with van der Waals surface area (Å²) in [5.41, 5.74) is 4.55. The largest absolute Gasteiger partial charge is 0.481 e. The van der Waals surface area contributed by atoms with Crippen LogP contribution in [0.25, 0.3) is 0 Å². The first kappa shape index (κ1) is 18.5. The highest BCUT2D eigenvalue weighted by Crippen LogP contribution is 2.13. The van der Waals surface area contributed by atoms with Crippen LogP contribution in [0.4, 0.5) is 0 Å². The van der Waals surface area contributed by atoms with Crippen LogP contribution in [-0.2, 0) is 20.9 Å². The molecule has 0 radical (unpaired) electrons. The molecular weight excluding hydrogens is 340 g/mol. The fourth-order valence-corrected chi connectivity index (χ4v) is 1.80. The summed E-state index contributed by atoms with van der Waals surface area (Å²) in [5, 5.41) is 11.1. The molecule has 9 heteroatoms. The first-order valence-corrected chi connectivity index (χ1v) is 7.57. The lowest BCUT2D eigenvalue weighted by Gasteiger charge is -2.15. The van der Waals surface area contributed by atoms with Crippen molar-refractivity contribution in [1.29, 1.82) is 5.26 Å². The first-order chi connectivity index (χ1) is 12.5. The molecule has 0 fully saturated rings. The Kier molecular flexibility index (Phi) is 6.34. The summed E-state index contributed by atoms with van der Waals surface area (Å²) >= 11 is 0. The standard InChI is InChI=1S/C17H16N4O5/c1-11(26-13-6-4-12(9-18)5-7-13)15(22)20-21-17(24)16(23)19-10-14-3-2-8-25-14/h2-8,11H,10H2,1H3,(H,19,23)(H,20,22)(H,21,24)/t11-/m1/s1. The fraction of sp³-hybridized carbons (Fsp3) is 0.176. The van der Waals surface area contributed by atoms with Crippen molar-refractivity contribution in [2.24, 2.45) is 0 Å². The second-order valence-electron chi connectivity index (χ2n) is 5.10. The number of carbonyl (C=O) groups excluding carboxylic acids is 3. The van der Waals surface area contributed by atoms with Crippen molar-refractivity contribution >= 4 is 17.7 Å². The van der Waals surface area contributed by atoms with E-state index in [1.165, 1.54) is 13.2 Å². The lowest BCUT2D eigenvalue weighted by Crippen LogP contribution is -2.51. The average molecular weight is 356 g/mol. The highest BCUT2D eigenvalue weighted by atomic mass is 16.5. The van der Waals surface area contributed by atoms with Gasteiger partial charge in [-0.1, -0.05) is 0 Å². The predicted octanol–water partition coefficient (Wildman–Crippen LogP) is 0.382. The average Bonchev–Trinajstić information content (AvgIpc) is 3.18. The molecule has 3 amide bonds. The molecule has 0 aliphatic heterocycles. The second kappa shape index (κ2) is 8.89. The molecule has 1 heterocycles. The number of nitrogens with zero attached hydrogens (tertiary/aromatic N) is 1. The zero-order chi connectivity index (χ0) is 18.9. The van der Waals surface area contributed by atoms with Gasteiger partial charge >= 0.3 is 11.8 Å². The van der Waals surface area contributed by atoms with Crippen LogP contribution in [-0.4, -0.2) is 23.8 Å². The second-order valence-corrected chi connectivity index (χ2v) is 5.10. The molecule has 134 valence electrons. The topological polar surface area (TPSA) is 133 Å². The Labute approximate surface area is 148 Å². The van der Waals surface area contributed by atoms with E-state index in [1.807, 2.05) is 11.5 Å². The molecule has 0 unspecified atom stereocenters. The van der Waals surface area contributed by atoms with E-state index in [0.717, 1.165) is 0 Å². The molecule has 0 bridgehead atoms. The third-order valence-corrected chi connectivity index (χ3v) is 3.17. The molecular formula is C17H16N4O5. The molecule has 0 aliphatic carbocycles. The lowest BCUT2D eigenvalue weighted by atomic mass is 10.2. The van der Waals surface area contributed by atoms with Crippen molar-refractivity contribution in [3.63, 3.8) is 0 Å². The van der Waals surface area contributed by atoms with E-state index in [1.54, 1.807) is 36.4 Å². The van der Waals surface area contributed by atoms with Gasteiger partial charge in [0.05, 0.1) is 24.4 Å². The van der Waals surface area contributed by atoms with E-state index in [2.05, 4.69) is 10.7 Å². The summed E-state index contributed by atoms with van der Waals surface area (Å²) in [6.07, 6.45) is 0.506. The van der Waals surface area contributed by atoms with Crippen molar-refractivity contribution in [3.8, 4) is 11.8 Å². The van der Waals surface area contributed by atoms with Gasteiger partial charge in [0.25, 0.3) is 5.91 Å². The molecule has 0 saturated heterocycles. The Morgan fingerprint density at radius 1 is 1.15 bits per heavy atom. The molecule has 1 aromatic heterocycles. The minimum absolute atomic E-state index is 0.0470. The van der Waals surface area contributed by atoms with Gasteiger partial charge in [0, 0.05) is 0 Å². The molecule has 2 rings (SSSR count). The summed E-state index contributed by atoms with van der Waals surface area (Å²) in [5.74, 6) is -1.74. The molecule has 3 N–H and O–H groups in total. The van der Waals surface area contributed by atoms with Crippen molar-refractivity contribution in [3.05, 3.63) is 54.0 Å². The molecule has 26 heavy (non-hydrogen) atoms. The summed E-state index contributed by atoms with van der Waals surface area (Å²) < 4.78 is 10.4. The van der Waals surface area contributed by atoms with Gasteiger partial charge in [0.1, 0.15) is 11.5 Å². The van der Waals surface area contributed by atoms with Gasteiger partial charge in [-0.3, -0.25) is 25.2 Å². The third-order valence-electron chi connectivity index (χ3n) is 3.17. The SMILES string of the molecule is C[C@@H](Oc1ccc(C#N)cc1)C(=O)NNC(=O)C(=O)NCc1ccco1. The first-order valence-electron chi connectivity index (χ1n) is 7.57. The quantitative estimate of drug-likeness (QED) is 0.524. The van der Waals surface area contributed by atoms with Gasteiger partial charge in [-0.05, 0) is 43.3 Å². The molecule has 9 nitrogen and oxygen atoms in total. The van der Waals surface area contributed by atoms with Gasteiger partial charge in [-0.25, -0.2) is 0 Å². The number of nitrogens with one attached hydrogen (secondary N) is 3. The van der Waals surface area contributed by atoms with E-state index in [4.69, 9.17) is 14.4 Å². The molecule has 1 atom stereocenters.